The SMILES string of the molecule is CNCNC(=O)CCC(C)=O.COCCOC(=O)Nc1ccc(Cc2ccc(NC(C)=O)cc2)cc1. The number of methoxy groups -OCH3 is 1. The molecule has 2 aromatic carbocycles. The average Bonchev–Trinajstić information content (AvgIpc) is 2.84. The summed E-state index contributed by atoms with van der Waals surface area (Å²) in [5.41, 5.74) is 3.70. The Morgan fingerprint density at radius 3 is 1.81 bits per heavy atom. The molecule has 2 aromatic rings. The van der Waals surface area contributed by atoms with Crippen molar-refractivity contribution in [3.05, 3.63) is 59.7 Å². The van der Waals surface area contributed by atoms with E-state index in [1.807, 2.05) is 48.5 Å². The molecule has 0 saturated carbocycles. The van der Waals surface area contributed by atoms with Crippen LogP contribution in [-0.4, -0.2) is 57.7 Å². The lowest BCUT2D eigenvalue weighted by atomic mass is 10.0. The zero-order chi connectivity index (χ0) is 26.8. The van der Waals surface area contributed by atoms with Crippen molar-refractivity contribution < 1.29 is 28.7 Å². The molecular formula is C26H36N4O6. The van der Waals surface area contributed by atoms with E-state index in [9.17, 15) is 19.2 Å². The summed E-state index contributed by atoms with van der Waals surface area (Å²) in [4.78, 5) is 43.8. The van der Waals surface area contributed by atoms with Crippen molar-refractivity contribution in [2.75, 3.05) is 44.7 Å². The third-order valence-electron chi connectivity index (χ3n) is 4.57. The summed E-state index contributed by atoms with van der Waals surface area (Å²) in [6, 6.07) is 15.3. The Morgan fingerprint density at radius 1 is 0.778 bits per heavy atom. The molecule has 0 aliphatic rings. The number of carbonyl (C=O) groups is 4. The van der Waals surface area contributed by atoms with Gasteiger partial charge < -0.3 is 30.2 Å². The predicted octanol–water partition coefficient (Wildman–Crippen LogP) is 3.08. The molecule has 0 spiro atoms. The van der Waals surface area contributed by atoms with Crippen LogP contribution in [0, 0.1) is 0 Å². The third-order valence-corrected chi connectivity index (χ3v) is 4.57. The molecule has 0 aromatic heterocycles. The minimum atomic E-state index is -0.502. The van der Waals surface area contributed by atoms with E-state index in [1.165, 1.54) is 13.8 Å². The maximum atomic E-state index is 11.6. The lowest BCUT2D eigenvalue weighted by molar-refractivity contribution is -0.124. The largest absolute Gasteiger partial charge is 0.447 e. The number of hydrogen-bond acceptors (Lipinski definition) is 7. The molecule has 10 heteroatoms. The van der Waals surface area contributed by atoms with Gasteiger partial charge in [-0.3, -0.25) is 14.9 Å². The smallest absolute Gasteiger partial charge is 0.411 e. The van der Waals surface area contributed by atoms with Gasteiger partial charge in [0, 0.05) is 38.2 Å². The number of ether oxygens (including phenoxy) is 2. The van der Waals surface area contributed by atoms with E-state index < -0.39 is 6.09 Å². The number of Topliss-reactive ketones (excluding diaryl/α,β-unsaturated/α-hetero) is 1. The van der Waals surface area contributed by atoms with Crippen LogP contribution in [0.4, 0.5) is 16.2 Å². The van der Waals surface area contributed by atoms with Crippen molar-refractivity contribution in [1.29, 1.82) is 0 Å². The number of rotatable bonds is 12. The van der Waals surface area contributed by atoms with Crippen LogP contribution in [0.2, 0.25) is 0 Å². The third kappa shape index (κ3) is 14.5. The Balaban J connectivity index is 0.000000497. The van der Waals surface area contributed by atoms with Gasteiger partial charge in [-0.2, -0.15) is 0 Å². The minimum Gasteiger partial charge on any atom is -0.447 e. The van der Waals surface area contributed by atoms with E-state index in [4.69, 9.17) is 9.47 Å². The van der Waals surface area contributed by atoms with E-state index in [1.54, 1.807) is 14.2 Å². The summed E-state index contributed by atoms with van der Waals surface area (Å²) >= 11 is 0. The number of hydrogen-bond donors (Lipinski definition) is 4. The minimum absolute atomic E-state index is 0.0459. The highest BCUT2D eigenvalue weighted by molar-refractivity contribution is 5.88. The molecular weight excluding hydrogens is 464 g/mol. The zero-order valence-electron chi connectivity index (χ0n) is 21.3. The second-order valence-corrected chi connectivity index (χ2v) is 7.84. The summed E-state index contributed by atoms with van der Waals surface area (Å²) in [5.74, 6) is -0.129. The standard InChI is InChI=1S/C19H22N2O4.C7H14N2O2/c1-14(22)20-17-7-3-15(4-8-17)13-16-5-9-18(10-6-16)21-19(23)25-12-11-24-2;1-6(10)3-4-7(11)9-5-8-2/h3-10H,11-13H2,1-2H3,(H,20,22)(H,21,23);8H,3-5H2,1-2H3,(H,9,11). The van der Waals surface area contributed by atoms with Crippen molar-refractivity contribution in [2.24, 2.45) is 0 Å². The Morgan fingerprint density at radius 2 is 1.33 bits per heavy atom. The second kappa shape index (κ2) is 17.6. The summed E-state index contributed by atoms with van der Waals surface area (Å²) in [6.45, 7) is 4.00. The summed E-state index contributed by atoms with van der Waals surface area (Å²) in [7, 11) is 3.29. The average molecular weight is 501 g/mol. The normalized spacial score (nSPS) is 9.89. The van der Waals surface area contributed by atoms with Gasteiger partial charge in [-0.1, -0.05) is 24.3 Å². The van der Waals surface area contributed by atoms with Crippen LogP contribution in [0.3, 0.4) is 0 Å². The fourth-order valence-electron chi connectivity index (χ4n) is 2.79. The molecule has 0 fully saturated rings. The van der Waals surface area contributed by atoms with Gasteiger partial charge in [0.1, 0.15) is 12.4 Å². The molecule has 0 aliphatic carbocycles. The number of anilines is 2. The van der Waals surface area contributed by atoms with Gasteiger partial charge in [0.05, 0.1) is 13.3 Å². The van der Waals surface area contributed by atoms with Crippen LogP contribution >= 0.6 is 0 Å². The maximum absolute atomic E-state index is 11.6. The summed E-state index contributed by atoms with van der Waals surface area (Å²) < 4.78 is 9.76. The second-order valence-electron chi connectivity index (χ2n) is 7.84. The van der Waals surface area contributed by atoms with Crippen LogP contribution < -0.4 is 21.3 Å². The Hall–Kier alpha value is -3.76. The summed E-state index contributed by atoms with van der Waals surface area (Å²) in [6.07, 6.45) is 0.879. The Kier molecular flexibility index (Phi) is 14.8. The molecule has 0 bridgehead atoms. The van der Waals surface area contributed by atoms with Crippen LogP contribution in [0.15, 0.2) is 48.5 Å². The quantitative estimate of drug-likeness (QED) is 0.260. The predicted molar refractivity (Wildman–Crippen MR) is 139 cm³/mol. The van der Waals surface area contributed by atoms with E-state index in [0.29, 0.717) is 25.4 Å². The topological polar surface area (TPSA) is 135 Å². The molecule has 0 atom stereocenters. The van der Waals surface area contributed by atoms with Gasteiger partial charge in [0.15, 0.2) is 0 Å². The Labute approximate surface area is 212 Å². The first-order valence-corrected chi connectivity index (χ1v) is 11.5. The zero-order valence-corrected chi connectivity index (χ0v) is 21.3. The van der Waals surface area contributed by atoms with Gasteiger partial charge >= 0.3 is 6.09 Å². The highest BCUT2D eigenvalue weighted by Crippen LogP contribution is 2.16. The van der Waals surface area contributed by atoms with Crippen molar-refractivity contribution in [2.45, 2.75) is 33.1 Å². The van der Waals surface area contributed by atoms with E-state index >= 15 is 0 Å². The van der Waals surface area contributed by atoms with Crippen molar-refractivity contribution >= 4 is 35.1 Å². The first kappa shape index (κ1) is 30.3. The molecule has 0 saturated heterocycles. The molecule has 4 N–H and O–H groups in total. The number of nitrogens with one attached hydrogen (secondary N) is 4. The molecule has 10 nitrogen and oxygen atoms in total. The van der Waals surface area contributed by atoms with E-state index in [0.717, 1.165) is 23.2 Å². The van der Waals surface area contributed by atoms with Gasteiger partial charge in [0.2, 0.25) is 11.8 Å². The van der Waals surface area contributed by atoms with Crippen molar-refractivity contribution in [3.8, 4) is 0 Å². The fraction of sp³-hybridized carbons (Fsp3) is 0.385. The number of benzene rings is 2. The molecule has 3 amide bonds. The van der Waals surface area contributed by atoms with Crippen molar-refractivity contribution in [1.82, 2.24) is 10.6 Å². The number of ketones is 1. The molecule has 0 heterocycles. The van der Waals surface area contributed by atoms with Gasteiger partial charge in [-0.25, -0.2) is 4.79 Å². The van der Waals surface area contributed by atoms with Crippen LogP contribution in [-0.2, 0) is 30.3 Å². The molecule has 36 heavy (non-hydrogen) atoms. The van der Waals surface area contributed by atoms with Gasteiger partial charge in [0.25, 0.3) is 0 Å². The van der Waals surface area contributed by atoms with Gasteiger partial charge in [-0.05, 0) is 55.8 Å². The van der Waals surface area contributed by atoms with E-state index in [-0.39, 0.29) is 30.6 Å². The number of amides is 3. The molecule has 196 valence electrons. The van der Waals surface area contributed by atoms with Crippen LogP contribution in [0.1, 0.15) is 37.8 Å². The number of carbonyl (C=O) groups excluding carboxylic acids is 4. The van der Waals surface area contributed by atoms with Crippen molar-refractivity contribution in [3.63, 3.8) is 0 Å². The maximum Gasteiger partial charge on any atom is 0.411 e. The summed E-state index contributed by atoms with van der Waals surface area (Å²) in [5, 5.41) is 10.8. The highest BCUT2D eigenvalue weighted by atomic mass is 16.6. The van der Waals surface area contributed by atoms with E-state index in [2.05, 4.69) is 21.3 Å². The molecule has 2 rings (SSSR count). The van der Waals surface area contributed by atoms with Gasteiger partial charge in [-0.15, -0.1) is 0 Å². The molecule has 0 unspecified atom stereocenters. The van der Waals surface area contributed by atoms with Crippen LogP contribution in [0.25, 0.3) is 0 Å². The van der Waals surface area contributed by atoms with Crippen LogP contribution in [0.5, 0.6) is 0 Å². The lowest BCUT2D eigenvalue weighted by Crippen LogP contribution is -2.31. The first-order chi connectivity index (χ1) is 17.2. The highest BCUT2D eigenvalue weighted by Gasteiger charge is 2.04. The molecule has 0 aliphatic heterocycles. The fourth-order valence-corrected chi connectivity index (χ4v) is 2.79. The molecule has 0 radical (unpaired) electrons. The Bertz CT molecular complexity index is 961. The monoisotopic (exact) mass is 500 g/mol. The first-order valence-electron chi connectivity index (χ1n) is 11.5. The lowest BCUT2D eigenvalue weighted by Gasteiger charge is -2.08.